The van der Waals surface area contributed by atoms with Gasteiger partial charge in [-0.15, -0.1) is 0 Å². The van der Waals surface area contributed by atoms with E-state index in [1.54, 1.807) is 0 Å². The molecule has 0 bridgehead atoms. The van der Waals surface area contributed by atoms with Crippen molar-refractivity contribution in [3.8, 4) is 0 Å². The Bertz CT molecular complexity index is 418. The molecular weight excluding hydrogens is 221 g/mol. The molecule has 1 aromatic carbocycles. The second-order valence-electron chi connectivity index (χ2n) is 3.65. The van der Waals surface area contributed by atoms with Gasteiger partial charge in [0.05, 0.1) is 0 Å². The van der Waals surface area contributed by atoms with Crippen molar-refractivity contribution in [2.45, 2.75) is 25.9 Å². The smallest absolute Gasteiger partial charge is 0.338 e. The van der Waals surface area contributed by atoms with Gasteiger partial charge in [-0.25, -0.2) is 18.0 Å². The molecule has 0 amide bonds. The van der Waals surface area contributed by atoms with Crippen LogP contribution in [0.3, 0.4) is 0 Å². The van der Waals surface area contributed by atoms with E-state index in [0.717, 1.165) is 12.1 Å². The molecule has 1 N–H and O–H groups in total. The van der Waals surface area contributed by atoms with E-state index in [1.165, 1.54) is 13.8 Å². The number of aryl methyl sites for hydroxylation is 1. The van der Waals surface area contributed by atoms with Crippen molar-refractivity contribution in [1.29, 1.82) is 0 Å². The summed E-state index contributed by atoms with van der Waals surface area (Å²) in [5, 5.41) is 8.44. The summed E-state index contributed by atoms with van der Waals surface area (Å²) in [4.78, 5) is 10.4. The van der Waals surface area contributed by atoms with Gasteiger partial charge in [0.25, 0.3) is 0 Å². The topological polar surface area (TPSA) is 37.3 Å². The summed E-state index contributed by atoms with van der Waals surface area (Å²) >= 11 is 0. The molecule has 2 atom stereocenters. The van der Waals surface area contributed by atoms with E-state index in [4.69, 9.17) is 5.11 Å². The van der Waals surface area contributed by atoms with E-state index in [1.807, 2.05) is 0 Å². The van der Waals surface area contributed by atoms with Crippen LogP contribution in [0.4, 0.5) is 13.2 Å². The molecule has 0 aromatic heterocycles. The first kappa shape index (κ1) is 12.5. The molecule has 0 saturated heterocycles. The maximum Gasteiger partial charge on any atom is 0.338 e. The lowest BCUT2D eigenvalue weighted by atomic mass is 9.94. The second-order valence-corrected chi connectivity index (χ2v) is 3.65. The van der Waals surface area contributed by atoms with Gasteiger partial charge >= 0.3 is 5.97 Å². The molecule has 1 aromatic rings. The number of hydrogen-bond acceptors (Lipinski definition) is 1. The van der Waals surface area contributed by atoms with Crippen molar-refractivity contribution in [2.75, 3.05) is 0 Å². The van der Waals surface area contributed by atoms with Crippen LogP contribution in [0.5, 0.6) is 0 Å². The lowest BCUT2D eigenvalue weighted by Crippen LogP contribution is -2.22. The van der Waals surface area contributed by atoms with Crippen LogP contribution >= 0.6 is 0 Å². The van der Waals surface area contributed by atoms with Gasteiger partial charge in [-0.3, -0.25) is 0 Å². The molecular formula is C11H11F3O2. The quantitative estimate of drug-likeness (QED) is 0.870. The highest BCUT2D eigenvalue weighted by atomic mass is 19.1. The van der Waals surface area contributed by atoms with Crippen molar-refractivity contribution in [1.82, 2.24) is 0 Å². The molecule has 88 valence electrons. The number of carbonyl (C=O) groups is 1. The van der Waals surface area contributed by atoms with Crippen LogP contribution in [-0.2, 0) is 4.79 Å². The minimum atomic E-state index is -2.25. The third-order valence-corrected chi connectivity index (χ3v) is 2.44. The second kappa shape index (κ2) is 4.55. The van der Waals surface area contributed by atoms with Crippen molar-refractivity contribution in [3.63, 3.8) is 0 Å². The Balaban J connectivity index is 3.13. The summed E-state index contributed by atoms with van der Waals surface area (Å²) in [6.45, 7) is 2.57. The molecule has 0 aliphatic carbocycles. The average molecular weight is 232 g/mol. The number of aliphatic carboxylic acids is 1. The Morgan fingerprint density at radius 3 is 2.38 bits per heavy atom. The SMILES string of the molecule is Cc1cc(F)c(C(C)C(F)C(=O)O)cc1F. The summed E-state index contributed by atoms with van der Waals surface area (Å²) in [6, 6.07) is 1.76. The summed E-state index contributed by atoms with van der Waals surface area (Å²) < 4.78 is 39.7. The van der Waals surface area contributed by atoms with Gasteiger partial charge in [0.2, 0.25) is 6.17 Å². The Labute approximate surface area is 90.7 Å². The molecule has 16 heavy (non-hydrogen) atoms. The van der Waals surface area contributed by atoms with Gasteiger partial charge in [0.1, 0.15) is 11.6 Å². The number of rotatable bonds is 3. The monoisotopic (exact) mass is 232 g/mol. The molecule has 0 spiro atoms. The highest BCUT2D eigenvalue weighted by Gasteiger charge is 2.28. The van der Waals surface area contributed by atoms with Crippen LogP contribution in [0.15, 0.2) is 12.1 Å². The van der Waals surface area contributed by atoms with E-state index in [-0.39, 0.29) is 11.1 Å². The fraction of sp³-hybridized carbons (Fsp3) is 0.364. The van der Waals surface area contributed by atoms with Crippen molar-refractivity contribution < 1.29 is 23.1 Å². The van der Waals surface area contributed by atoms with Crippen molar-refractivity contribution >= 4 is 5.97 Å². The Hall–Kier alpha value is -1.52. The Kier molecular flexibility index (Phi) is 3.57. The molecule has 0 heterocycles. The molecule has 2 unspecified atom stereocenters. The van der Waals surface area contributed by atoms with Crippen LogP contribution in [0.1, 0.15) is 24.0 Å². The molecule has 0 aliphatic heterocycles. The molecule has 0 fully saturated rings. The number of carboxylic acid groups (broad SMARTS) is 1. The van der Waals surface area contributed by atoms with Crippen LogP contribution < -0.4 is 0 Å². The predicted molar refractivity (Wildman–Crippen MR) is 52.0 cm³/mol. The summed E-state index contributed by atoms with van der Waals surface area (Å²) in [7, 11) is 0. The van der Waals surface area contributed by atoms with Crippen molar-refractivity contribution in [3.05, 3.63) is 34.9 Å². The first-order valence-electron chi connectivity index (χ1n) is 4.67. The summed E-state index contributed by atoms with van der Waals surface area (Å²) in [5.74, 6) is -4.39. The van der Waals surface area contributed by atoms with Crippen LogP contribution in [0.2, 0.25) is 0 Å². The van der Waals surface area contributed by atoms with E-state index in [0.29, 0.717) is 0 Å². The van der Waals surface area contributed by atoms with Crippen LogP contribution in [0.25, 0.3) is 0 Å². The standard InChI is InChI=1S/C11H11F3O2/c1-5-3-9(13)7(4-8(5)12)6(2)10(14)11(15)16/h3-4,6,10H,1-2H3,(H,15,16). The third-order valence-electron chi connectivity index (χ3n) is 2.44. The normalized spacial score (nSPS) is 14.6. The molecule has 0 radical (unpaired) electrons. The Morgan fingerprint density at radius 2 is 1.88 bits per heavy atom. The zero-order valence-corrected chi connectivity index (χ0v) is 8.80. The fourth-order valence-electron chi connectivity index (χ4n) is 1.38. The first-order valence-corrected chi connectivity index (χ1v) is 4.67. The zero-order chi connectivity index (χ0) is 12.5. The highest BCUT2D eigenvalue weighted by molar-refractivity contribution is 5.73. The van der Waals surface area contributed by atoms with Crippen LogP contribution in [0, 0.1) is 18.6 Å². The number of benzene rings is 1. The predicted octanol–water partition coefficient (Wildman–Crippen LogP) is 2.80. The van der Waals surface area contributed by atoms with Crippen LogP contribution in [-0.4, -0.2) is 17.2 Å². The first-order chi connectivity index (χ1) is 7.34. The maximum atomic E-state index is 13.4. The summed E-state index contributed by atoms with van der Waals surface area (Å²) in [5.41, 5.74) is -0.169. The minimum absolute atomic E-state index is 0.0965. The van der Waals surface area contributed by atoms with Gasteiger partial charge in [-0.2, -0.15) is 0 Å². The largest absolute Gasteiger partial charge is 0.479 e. The van der Waals surface area contributed by atoms with Gasteiger partial charge < -0.3 is 5.11 Å². The maximum absolute atomic E-state index is 13.4. The number of carboxylic acids is 1. The third kappa shape index (κ3) is 2.35. The van der Waals surface area contributed by atoms with E-state index in [9.17, 15) is 18.0 Å². The van der Waals surface area contributed by atoms with E-state index in [2.05, 4.69) is 0 Å². The van der Waals surface area contributed by atoms with Crippen molar-refractivity contribution in [2.24, 2.45) is 0 Å². The lowest BCUT2D eigenvalue weighted by Gasteiger charge is -2.15. The summed E-state index contributed by atoms with van der Waals surface area (Å²) in [6.07, 6.45) is -2.25. The van der Waals surface area contributed by atoms with E-state index >= 15 is 0 Å². The number of hydrogen-bond donors (Lipinski definition) is 1. The van der Waals surface area contributed by atoms with E-state index < -0.39 is 29.7 Å². The number of alkyl halides is 1. The van der Waals surface area contributed by atoms with Gasteiger partial charge in [0, 0.05) is 5.92 Å². The molecule has 0 saturated carbocycles. The molecule has 2 nitrogen and oxygen atoms in total. The average Bonchev–Trinajstić information content (AvgIpc) is 2.21. The molecule has 0 aliphatic rings. The molecule has 1 rings (SSSR count). The van der Waals surface area contributed by atoms with Gasteiger partial charge in [-0.1, -0.05) is 6.92 Å². The highest BCUT2D eigenvalue weighted by Crippen LogP contribution is 2.26. The fourth-order valence-corrected chi connectivity index (χ4v) is 1.38. The minimum Gasteiger partial charge on any atom is -0.479 e. The zero-order valence-electron chi connectivity index (χ0n) is 8.80. The number of halogens is 3. The van der Waals surface area contributed by atoms with Gasteiger partial charge in [0.15, 0.2) is 0 Å². The Morgan fingerprint density at radius 1 is 1.31 bits per heavy atom. The van der Waals surface area contributed by atoms with Gasteiger partial charge in [-0.05, 0) is 30.2 Å². The molecule has 5 heteroatoms. The lowest BCUT2D eigenvalue weighted by molar-refractivity contribution is -0.143.